The molecular weight excluding hydrogens is 373 g/mol. The summed E-state index contributed by atoms with van der Waals surface area (Å²) >= 11 is 0. The zero-order chi connectivity index (χ0) is 19.4. The molecule has 1 aromatic rings. The fourth-order valence-electron chi connectivity index (χ4n) is 2.40. The molecule has 0 amide bonds. The molecule has 6 nitrogen and oxygen atoms in total. The number of hydrogen-bond donors (Lipinski definition) is 1. The first-order chi connectivity index (χ1) is 12.0. The lowest BCUT2D eigenvalue weighted by molar-refractivity contribution is -0.0566. The minimum atomic E-state index is -5.66. The van der Waals surface area contributed by atoms with Crippen molar-refractivity contribution in [1.82, 2.24) is 5.32 Å². The van der Waals surface area contributed by atoms with Crippen LogP contribution in [0.2, 0.25) is 0 Å². The van der Waals surface area contributed by atoms with Crippen LogP contribution >= 0.6 is 0 Å². The highest BCUT2D eigenvalue weighted by molar-refractivity contribution is 7.87. The zero-order valence-electron chi connectivity index (χ0n) is 14.4. The van der Waals surface area contributed by atoms with Crippen LogP contribution in [-0.2, 0) is 25.6 Å². The van der Waals surface area contributed by atoms with Gasteiger partial charge in [0.15, 0.2) is 0 Å². The van der Waals surface area contributed by atoms with Crippen LogP contribution in [0.15, 0.2) is 35.3 Å². The third kappa shape index (κ3) is 5.87. The van der Waals surface area contributed by atoms with Gasteiger partial charge in [0.25, 0.3) is 6.02 Å². The van der Waals surface area contributed by atoms with Gasteiger partial charge in [0.05, 0.1) is 0 Å². The molecule has 1 heterocycles. The Kier molecular flexibility index (Phi) is 6.17. The quantitative estimate of drug-likeness (QED) is 0.614. The van der Waals surface area contributed by atoms with Gasteiger partial charge in [-0.2, -0.15) is 21.6 Å². The van der Waals surface area contributed by atoms with Crippen molar-refractivity contribution in [2.75, 3.05) is 13.2 Å². The first kappa shape index (κ1) is 20.5. The molecule has 2 rings (SSSR count). The van der Waals surface area contributed by atoms with Gasteiger partial charge in [0, 0.05) is 13.1 Å². The Bertz CT molecular complexity index is 734. The van der Waals surface area contributed by atoms with Crippen molar-refractivity contribution in [1.29, 1.82) is 0 Å². The van der Waals surface area contributed by atoms with E-state index in [1.165, 1.54) is 0 Å². The van der Waals surface area contributed by atoms with Crippen LogP contribution in [0.5, 0.6) is 0 Å². The van der Waals surface area contributed by atoms with Gasteiger partial charge in [-0.15, -0.1) is 0 Å². The molecule has 1 aromatic carbocycles. The molecule has 1 atom stereocenters. The summed E-state index contributed by atoms with van der Waals surface area (Å²) in [5.41, 5.74) is -4.88. The number of halogens is 3. The number of nitrogens with one attached hydrogen (secondary N) is 1. The van der Waals surface area contributed by atoms with Crippen LogP contribution in [0, 0.1) is 5.41 Å². The molecular formula is C16H21F3N2O4S. The SMILES string of the molecule is CC1(C)CN=C(NCc2ccccc2)OC(COS(=O)(=O)C(F)(F)F)C1. The number of amidine groups is 1. The number of ether oxygens (including phenoxy) is 1. The largest absolute Gasteiger partial charge is 0.523 e. The maximum atomic E-state index is 12.4. The zero-order valence-corrected chi connectivity index (χ0v) is 15.2. The summed E-state index contributed by atoms with van der Waals surface area (Å²) in [6, 6.07) is 9.55. The monoisotopic (exact) mass is 394 g/mol. The van der Waals surface area contributed by atoms with Crippen molar-refractivity contribution in [2.24, 2.45) is 10.4 Å². The van der Waals surface area contributed by atoms with Gasteiger partial charge in [-0.3, -0.25) is 4.18 Å². The Labute approximate surface area is 150 Å². The van der Waals surface area contributed by atoms with Crippen molar-refractivity contribution < 1.29 is 30.5 Å². The molecule has 1 unspecified atom stereocenters. The third-order valence-corrected chi connectivity index (χ3v) is 4.70. The van der Waals surface area contributed by atoms with E-state index in [9.17, 15) is 21.6 Å². The van der Waals surface area contributed by atoms with Crippen molar-refractivity contribution in [3.63, 3.8) is 0 Å². The normalized spacial score (nSPS) is 20.7. The van der Waals surface area contributed by atoms with E-state index in [1.54, 1.807) is 0 Å². The van der Waals surface area contributed by atoms with Crippen LogP contribution in [-0.4, -0.2) is 39.2 Å². The minimum absolute atomic E-state index is 0.150. The van der Waals surface area contributed by atoms with Crippen molar-refractivity contribution >= 4 is 16.1 Å². The maximum absolute atomic E-state index is 12.4. The van der Waals surface area contributed by atoms with Gasteiger partial charge < -0.3 is 10.1 Å². The Hall–Kier alpha value is -1.81. The fourth-order valence-corrected chi connectivity index (χ4v) is 2.86. The predicted octanol–water partition coefficient (Wildman–Crippen LogP) is 2.81. The standard InChI is InChI=1S/C16H21F3N2O4S/c1-15(2)8-13(10-24-26(22,23)16(17,18)19)25-14(21-11-15)20-9-12-6-4-3-5-7-12/h3-7,13H,8-11H2,1-2H3,(H,20,21). The van der Waals surface area contributed by atoms with Crippen LogP contribution in [0.3, 0.4) is 0 Å². The summed E-state index contributed by atoms with van der Waals surface area (Å²) in [4.78, 5) is 4.29. The predicted molar refractivity (Wildman–Crippen MR) is 89.8 cm³/mol. The van der Waals surface area contributed by atoms with E-state index >= 15 is 0 Å². The first-order valence-electron chi connectivity index (χ1n) is 7.93. The number of hydrogen-bond acceptors (Lipinski definition) is 6. The van der Waals surface area contributed by atoms with Crippen LogP contribution in [0.1, 0.15) is 25.8 Å². The minimum Gasteiger partial charge on any atom is -0.459 e. The molecule has 1 N–H and O–H groups in total. The van der Waals surface area contributed by atoms with Gasteiger partial charge in [-0.1, -0.05) is 44.2 Å². The molecule has 0 aliphatic carbocycles. The van der Waals surface area contributed by atoms with Gasteiger partial charge >= 0.3 is 15.6 Å². The van der Waals surface area contributed by atoms with Gasteiger partial charge in [-0.05, 0) is 17.4 Å². The summed E-state index contributed by atoms with van der Waals surface area (Å²) in [6.07, 6.45) is -0.591. The second-order valence-electron chi connectivity index (χ2n) is 6.75. The molecule has 0 fully saturated rings. The maximum Gasteiger partial charge on any atom is 0.523 e. The van der Waals surface area contributed by atoms with Gasteiger partial charge in [-0.25, -0.2) is 4.99 Å². The average molecular weight is 394 g/mol. The highest BCUT2D eigenvalue weighted by Crippen LogP contribution is 2.29. The summed E-state index contributed by atoms with van der Waals surface area (Å²) in [5.74, 6) is 0. The van der Waals surface area contributed by atoms with E-state index in [0.29, 0.717) is 19.5 Å². The highest BCUT2D eigenvalue weighted by atomic mass is 32.2. The first-order valence-corrected chi connectivity index (χ1v) is 9.34. The second kappa shape index (κ2) is 7.83. The summed E-state index contributed by atoms with van der Waals surface area (Å²) in [5, 5.41) is 2.97. The summed E-state index contributed by atoms with van der Waals surface area (Å²) in [7, 11) is -5.66. The van der Waals surface area contributed by atoms with Crippen molar-refractivity contribution in [3.05, 3.63) is 35.9 Å². The number of aliphatic imine (C=N–C) groups is 1. The van der Waals surface area contributed by atoms with Crippen molar-refractivity contribution in [3.8, 4) is 0 Å². The Morgan fingerprint density at radius 2 is 1.96 bits per heavy atom. The van der Waals surface area contributed by atoms with E-state index in [2.05, 4.69) is 14.5 Å². The molecule has 26 heavy (non-hydrogen) atoms. The Balaban J connectivity index is 2.02. The Morgan fingerprint density at radius 3 is 2.58 bits per heavy atom. The van der Waals surface area contributed by atoms with E-state index in [-0.39, 0.29) is 11.4 Å². The van der Waals surface area contributed by atoms with E-state index in [0.717, 1.165) is 5.56 Å². The molecule has 1 aliphatic rings. The van der Waals surface area contributed by atoms with Crippen LogP contribution < -0.4 is 5.32 Å². The van der Waals surface area contributed by atoms with Crippen LogP contribution in [0.4, 0.5) is 13.2 Å². The lowest BCUT2D eigenvalue weighted by Crippen LogP contribution is -2.35. The summed E-state index contributed by atoms with van der Waals surface area (Å²) in [6.45, 7) is 3.79. The number of rotatable bonds is 5. The lowest BCUT2D eigenvalue weighted by Gasteiger charge is -2.25. The molecule has 0 aromatic heterocycles. The number of benzene rings is 1. The second-order valence-corrected chi connectivity index (χ2v) is 8.36. The number of alkyl halides is 3. The van der Waals surface area contributed by atoms with E-state index in [1.807, 2.05) is 44.2 Å². The Morgan fingerprint density at radius 1 is 1.31 bits per heavy atom. The molecule has 10 heteroatoms. The van der Waals surface area contributed by atoms with Gasteiger partial charge in [0.1, 0.15) is 12.7 Å². The molecule has 0 radical (unpaired) electrons. The molecule has 0 saturated heterocycles. The highest BCUT2D eigenvalue weighted by Gasteiger charge is 2.48. The summed E-state index contributed by atoms with van der Waals surface area (Å²) < 4.78 is 69.1. The molecule has 146 valence electrons. The van der Waals surface area contributed by atoms with Gasteiger partial charge in [0.2, 0.25) is 0 Å². The van der Waals surface area contributed by atoms with E-state index in [4.69, 9.17) is 4.74 Å². The molecule has 1 aliphatic heterocycles. The smallest absolute Gasteiger partial charge is 0.459 e. The molecule has 0 saturated carbocycles. The number of nitrogens with zero attached hydrogens (tertiary/aromatic N) is 1. The van der Waals surface area contributed by atoms with Crippen LogP contribution in [0.25, 0.3) is 0 Å². The van der Waals surface area contributed by atoms with Crippen molar-refractivity contribution in [2.45, 2.75) is 38.4 Å². The molecule has 0 spiro atoms. The average Bonchev–Trinajstić information content (AvgIpc) is 2.69. The molecule has 0 bridgehead atoms. The lowest BCUT2D eigenvalue weighted by atomic mass is 9.87. The van der Waals surface area contributed by atoms with E-state index < -0.39 is 28.3 Å². The fraction of sp³-hybridized carbons (Fsp3) is 0.562. The third-order valence-electron chi connectivity index (χ3n) is 3.69. The topological polar surface area (TPSA) is 77.0 Å².